The summed E-state index contributed by atoms with van der Waals surface area (Å²) in [5, 5.41) is 10.7. The highest BCUT2D eigenvalue weighted by Crippen LogP contribution is 2.29. The number of nitrogens with one attached hydrogen (secondary N) is 3. The highest BCUT2D eigenvalue weighted by Gasteiger charge is 2.36. The van der Waals surface area contributed by atoms with Crippen LogP contribution in [0.25, 0.3) is 0 Å². The maximum Gasteiger partial charge on any atom is 0.335 e. The van der Waals surface area contributed by atoms with E-state index >= 15 is 0 Å². The Hall–Kier alpha value is -3.65. The number of ketones is 1. The van der Waals surface area contributed by atoms with Crippen molar-refractivity contribution in [1.29, 1.82) is 0 Å². The van der Waals surface area contributed by atoms with Crippen LogP contribution in [0.2, 0.25) is 0 Å². The Balaban J connectivity index is 1.66. The molecule has 1 amide bonds. The summed E-state index contributed by atoms with van der Waals surface area (Å²) >= 11 is 0. The molecular weight excluding hydrogens is 420 g/mol. The van der Waals surface area contributed by atoms with E-state index < -0.39 is 12.0 Å². The average molecular weight is 451 g/mol. The van der Waals surface area contributed by atoms with E-state index in [2.05, 4.69) is 37.0 Å². The molecule has 1 unspecified atom stereocenters. The number of nitrogens with zero attached hydrogens (tertiary/aromatic N) is 1. The van der Waals surface area contributed by atoms with Gasteiger partial charge < -0.3 is 15.5 Å². The first-order chi connectivity index (χ1) is 15.5. The highest BCUT2D eigenvalue weighted by molar-refractivity contribution is 6.01. The molecule has 2 aromatic rings. The number of Topliss-reactive ketones (excluding diaryl/α,β-unsaturated/α-hetero) is 1. The standard InChI is InChI=1S/C25H30N4O4/c1-15(26-27-20(30)14-16-7-6-8-18(13-16)24(32)33)22-23(31)21(28-29(22)5)17-9-11-19(12-10-17)25(2,3)4/h6-13,21,26,28H,14H2,1-5H3,(H,27,30)(H,32,33). The maximum atomic E-state index is 13.1. The van der Waals surface area contributed by atoms with Crippen LogP contribution < -0.4 is 16.3 Å². The van der Waals surface area contributed by atoms with Crippen LogP contribution in [-0.4, -0.2) is 34.8 Å². The van der Waals surface area contributed by atoms with Gasteiger partial charge in [-0.05, 0) is 41.2 Å². The molecule has 0 aliphatic carbocycles. The summed E-state index contributed by atoms with van der Waals surface area (Å²) in [4.78, 5) is 36.5. The summed E-state index contributed by atoms with van der Waals surface area (Å²) in [6.45, 7) is 8.13. The van der Waals surface area contributed by atoms with Crippen LogP contribution in [0.1, 0.15) is 60.8 Å². The maximum absolute atomic E-state index is 13.1. The molecule has 0 spiro atoms. The molecule has 0 bridgehead atoms. The number of carbonyl (C=O) groups is 3. The fourth-order valence-electron chi connectivity index (χ4n) is 3.72. The number of carboxylic acids is 1. The van der Waals surface area contributed by atoms with E-state index in [4.69, 9.17) is 5.11 Å². The van der Waals surface area contributed by atoms with Gasteiger partial charge in [0.1, 0.15) is 11.7 Å². The molecule has 8 nitrogen and oxygen atoms in total. The van der Waals surface area contributed by atoms with Crippen molar-refractivity contribution in [2.45, 2.75) is 45.6 Å². The van der Waals surface area contributed by atoms with Crippen molar-refractivity contribution in [3.8, 4) is 0 Å². The van der Waals surface area contributed by atoms with E-state index in [0.717, 1.165) is 5.56 Å². The van der Waals surface area contributed by atoms with Crippen LogP contribution >= 0.6 is 0 Å². The minimum absolute atomic E-state index is 0.00151. The molecular formula is C25H30N4O4. The number of carboxylic acid groups (broad SMARTS) is 1. The fourth-order valence-corrected chi connectivity index (χ4v) is 3.72. The first kappa shape index (κ1) is 24.0. The van der Waals surface area contributed by atoms with Gasteiger partial charge in [0.25, 0.3) is 0 Å². The Morgan fingerprint density at radius 3 is 2.36 bits per heavy atom. The second kappa shape index (κ2) is 9.46. The summed E-state index contributed by atoms with van der Waals surface area (Å²) in [5.41, 5.74) is 12.3. The molecule has 0 saturated carbocycles. The number of allylic oxidation sites excluding steroid dienone is 1. The second-order valence-electron chi connectivity index (χ2n) is 9.19. The van der Waals surface area contributed by atoms with Crippen molar-refractivity contribution >= 4 is 17.7 Å². The minimum atomic E-state index is -1.05. The lowest BCUT2D eigenvalue weighted by Gasteiger charge is -2.20. The van der Waals surface area contributed by atoms with Crippen LogP contribution in [0.5, 0.6) is 0 Å². The quantitative estimate of drug-likeness (QED) is 0.396. The fraction of sp³-hybridized carbons (Fsp3) is 0.320. The van der Waals surface area contributed by atoms with Crippen LogP contribution in [0, 0.1) is 0 Å². The average Bonchev–Trinajstić information content (AvgIpc) is 3.05. The summed E-state index contributed by atoms with van der Waals surface area (Å²) in [6, 6.07) is 13.7. The number of carbonyl (C=O) groups excluding carboxylic acids is 2. The van der Waals surface area contributed by atoms with Crippen molar-refractivity contribution in [3.63, 3.8) is 0 Å². The third-order valence-electron chi connectivity index (χ3n) is 5.55. The Bertz CT molecular complexity index is 1100. The molecule has 8 heteroatoms. The predicted molar refractivity (Wildman–Crippen MR) is 125 cm³/mol. The zero-order chi connectivity index (χ0) is 24.3. The van der Waals surface area contributed by atoms with E-state index in [1.807, 2.05) is 24.3 Å². The Labute approximate surface area is 193 Å². The molecule has 1 aliphatic rings. The number of rotatable bonds is 6. The van der Waals surface area contributed by atoms with Crippen LogP contribution in [0.4, 0.5) is 0 Å². The lowest BCUT2D eigenvalue weighted by Crippen LogP contribution is -2.39. The highest BCUT2D eigenvalue weighted by atomic mass is 16.4. The van der Waals surface area contributed by atoms with Gasteiger partial charge in [0.05, 0.1) is 17.7 Å². The molecule has 0 aromatic heterocycles. The third-order valence-corrected chi connectivity index (χ3v) is 5.55. The minimum Gasteiger partial charge on any atom is -0.478 e. The Morgan fingerprint density at radius 1 is 1.09 bits per heavy atom. The topological polar surface area (TPSA) is 111 Å². The molecule has 1 aliphatic heterocycles. The van der Waals surface area contributed by atoms with Gasteiger partial charge in [0, 0.05) is 7.05 Å². The SMILES string of the molecule is CC(NNC(=O)Cc1cccc(C(=O)O)c1)=C1C(=O)C(c2ccc(C(C)(C)C)cc2)NN1C. The number of hydrogen-bond acceptors (Lipinski definition) is 6. The van der Waals surface area contributed by atoms with Gasteiger partial charge in [-0.15, -0.1) is 0 Å². The first-order valence-electron chi connectivity index (χ1n) is 10.7. The van der Waals surface area contributed by atoms with Gasteiger partial charge in [-0.2, -0.15) is 0 Å². The van der Waals surface area contributed by atoms with Crippen molar-refractivity contribution in [3.05, 3.63) is 82.2 Å². The lowest BCUT2D eigenvalue weighted by atomic mass is 9.86. The normalized spacial score (nSPS) is 17.7. The van der Waals surface area contributed by atoms with Gasteiger partial charge in [0.2, 0.25) is 11.7 Å². The van der Waals surface area contributed by atoms with Gasteiger partial charge in [-0.25, -0.2) is 10.2 Å². The number of likely N-dealkylation sites (N-methyl/N-ethyl adjacent to an activating group) is 1. The van der Waals surface area contributed by atoms with E-state index in [0.29, 0.717) is 17.0 Å². The Morgan fingerprint density at radius 2 is 1.76 bits per heavy atom. The van der Waals surface area contributed by atoms with Crippen molar-refractivity contribution < 1.29 is 19.5 Å². The van der Waals surface area contributed by atoms with Crippen LogP contribution in [-0.2, 0) is 21.4 Å². The molecule has 4 N–H and O–H groups in total. The molecule has 1 atom stereocenters. The van der Waals surface area contributed by atoms with Gasteiger partial charge in [0.15, 0.2) is 0 Å². The van der Waals surface area contributed by atoms with Crippen molar-refractivity contribution in [2.75, 3.05) is 7.05 Å². The summed E-state index contributed by atoms with van der Waals surface area (Å²) in [7, 11) is 1.75. The molecule has 3 rings (SSSR count). The molecule has 0 radical (unpaired) electrons. The monoisotopic (exact) mass is 450 g/mol. The van der Waals surface area contributed by atoms with Gasteiger partial charge >= 0.3 is 5.97 Å². The van der Waals surface area contributed by atoms with Crippen molar-refractivity contribution in [2.24, 2.45) is 0 Å². The summed E-state index contributed by atoms with van der Waals surface area (Å²) in [5.74, 6) is -1.50. The molecule has 1 fully saturated rings. The zero-order valence-corrected chi connectivity index (χ0v) is 19.5. The molecule has 33 heavy (non-hydrogen) atoms. The first-order valence-corrected chi connectivity index (χ1v) is 10.7. The molecule has 174 valence electrons. The summed E-state index contributed by atoms with van der Waals surface area (Å²) in [6.07, 6.45) is 0.00151. The number of amides is 1. The van der Waals surface area contributed by atoms with Crippen LogP contribution in [0.15, 0.2) is 59.9 Å². The van der Waals surface area contributed by atoms with E-state index in [-0.39, 0.29) is 29.1 Å². The summed E-state index contributed by atoms with van der Waals surface area (Å²) < 4.78 is 0. The lowest BCUT2D eigenvalue weighted by molar-refractivity contribution is -0.121. The largest absolute Gasteiger partial charge is 0.478 e. The zero-order valence-electron chi connectivity index (χ0n) is 19.5. The molecule has 1 heterocycles. The Kier molecular flexibility index (Phi) is 6.88. The third kappa shape index (κ3) is 5.59. The number of benzene rings is 2. The van der Waals surface area contributed by atoms with Crippen LogP contribution in [0.3, 0.4) is 0 Å². The van der Waals surface area contributed by atoms with E-state index in [1.54, 1.807) is 31.1 Å². The van der Waals surface area contributed by atoms with E-state index in [1.165, 1.54) is 17.7 Å². The molecule has 2 aromatic carbocycles. The number of hydrogen-bond donors (Lipinski definition) is 4. The van der Waals surface area contributed by atoms with Gasteiger partial charge in [-0.3, -0.25) is 15.0 Å². The van der Waals surface area contributed by atoms with Crippen molar-refractivity contribution in [1.82, 2.24) is 21.3 Å². The number of hydrazine groups is 2. The van der Waals surface area contributed by atoms with E-state index in [9.17, 15) is 14.4 Å². The second-order valence-corrected chi connectivity index (χ2v) is 9.19. The predicted octanol–water partition coefficient (Wildman–Crippen LogP) is 2.84. The molecule has 1 saturated heterocycles. The van der Waals surface area contributed by atoms with Gasteiger partial charge in [-0.1, -0.05) is 57.2 Å². The smallest absolute Gasteiger partial charge is 0.335 e. The number of aromatic carboxylic acids is 1.